The van der Waals surface area contributed by atoms with Gasteiger partial charge in [0.25, 0.3) is 5.91 Å². The Labute approximate surface area is 151 Å². The van der Waals surface area contributed by atoms with E-state index in [1.165, 1.54) is 5.56 Å². The van der Waals surface area contributed by atoms with Crippen molar-refractivity contribution in [3.8, 4) is 0 Å². The molecule has 0 unspecified atom stereocenters. The van der Waals surface area contributed by atoms with Crippen LogP contribution in [0.4, 0.5) is 0 Å². The van der Waals surface area contributed by atoms with Gasteiger partial charge in [-0.15, -0.1) is 10.2 Å². The maximum atomic E-state index is 12.4. The molecule has 2 aromatic carbocycles. The molecular formula is C20H19N5O. The topological polar surface area (TPSA) is 63.9 Å². The highest BCUT2D eigenvalue weighted by atomic mass is 16.2. The van der Waals surface area contributed by atoms with E-state index < -0.39 is 0 Å². The summed E-state index contributed by atoms with van der Waals surface area (Å²) in [5.74, 6) is 0.831. The summed E-state index contributed by atoms with van der Waals surface area (Å²) in [5.41, 5.74) is 4.06. The predicted molar refractivity (Wildman–Crippen MR) is 101 cm³/mol. The van der Waals surface area contributed by atoms with Crippen LogP contribution in [-0.2, 0) is 6.54 Å². The molecule has 0 N–H and O–H groups in total. The van der Waals surface area contributed by atoms with Crippen LogP contribution in [0.2, 0.25) is 0 Å². The Hall–Kier alpha value is -3.28. The van der Waals surface area contributed by atoms with Crippen LogP contribution in [0.25, 0.3) is 22.1 Å². The molecule has 0 saturated carbocycles. The molecule has 0 aliphatic carbocycles. The third-order valence-electron chi connectivity index (χ3n) is 4.48. The quantitative estimate of drug-likeness (QED) is 0.572. The highest BCUT2D eigenvalue weighted by molar-refractivity contribution is 6.05. The van der Waals surface area contributed by atoms with E-state index in [9.17, 15) is 4.79 Å². The molecule has 0 aliphatic heterocycles. The molecule has 6 nitrogen and oxygen atoms in total. The third-order valence-corrected chi connectivity index (χ3v) is 4.48. The summed E-state index contributed by atoms with van der Waals surface area (Å²) >= 11 is 0. The number of rotatable bonds is 3. The molecular weight excluding hydrogens is 326 g/mol. The van der Waals surface area contributed by atoms with E-state index >= 15 is 0 Å². The lowest BCUT2D eigenvalue weighted by Gasteiger charge is -2.12. The summed E-state index contributed by atoms with van der Waals surface area (Å²) in [6, 6.07) is 15.7. The molecule has 1 amide bonds. The van der Waals surface area contributed by atoms with Gasteiger partial charge in [-0.25, -0.2) is 4.98 Å². The molecule has 0 saturated heterocycles. The van der Waals surface area contributed by atoms with Crippen molar-refractivity contribution in [2.75, 3.05) is 14.1 Å². The molecule has 0 radical (unpaired) electrons. The van der Waals surface area contributed by atoms with E-state index in [-0.39, 0.29) is 5.91 Å². The van der Waals surface area contributed by atoms with Crippen molar-refractivity contribution >= 4 is 28.0 Å². The number of carbonyl (C=O) groups excluding carboxylic acids is 1. The molecule has 0 bridgehead atoms. The van der Waals surface area contributed by atoms with Crippen molar-refractivity contribution in [2.24, 2.45) is 0 Å². The van der Waals surface area contributed by atoms with Gasteiger partial charge in [0.05, 0.1) is 11.0 Å². The van der Waals surface area contributed by atoms with Gasteiger partial charge in [-0.3, -0.25) is 4.79 Å². The fourth-order valence-corrected chi connectivity index (χ4v) is 3.15. The number of carbonyl (C=O) groups is 1. The van der Waals surface area contributed by atoms with Gasteiger partial charge >= 0.3 is 0 Å². The van der Waals surface area contributed by atoms with E-state index in [4.69, 9.17) is 0 Å². The number of nitrogens with zero attached hydrogens (tertiary/aromatic N) is 5. The van der Waals surface area contributed by atoms with Crippen molar-refractivity contribution in [3.63, 3.8) is 0 Å². The van der Waals surface area contributed by atoms with Gasteiger partial charge < -0.3 is 9.47 Å². The summed E-state index contributed by atoms with van der Waals surface area (Å²) in [7, 11) is 3.49. The van der Waals surface area contributed by atoms with Gasteiger partial charge in [0, 0.05) is 31.6 Å². The smallest absolute Gasteiger partial charge is 0.253 e. The highest BCUT2D eigenvalue weighted by Gasteiger charge is 2.16. The lowest BCUT2D eigenvalue weighted by atomic mass is 10.1. The van der Waals surface area contributed by atoms with Crippen molar-refractivity contribution in [3.05, 3.63) is 65.5 Å². The molecule has 0 fully saturated rings. The van der Waals surface area contributed by atoms with Crippen LogP contribution in [0.5, 0.6) is 0 Å². The summed E-state index contributed by atoms with van der Waals surface area (Å²) < 4.78 is 2.13. The Morgan fingerprint density at radius 3 is 2.58 bits per heavy atom. The number of benzene rings is 2. The molecule has 130 valence electrons. The first-order valence-electron chi connectivity index (χ1n) is 8.43. The minimum Gasteiger partial charge on any atom is -0.345 e. The molecule has 0 aliphatic rings. The minimum absolute atomic E-state index is 0.0392. The first-order chi connectivity index (χ1) is 12.5. The fourth-order valence-electron chi connectivity index (χ4n) is 3.15. The Kier molecular flexibility index (Phi) is 3.88. The first-order valence-corrected chi connectivity index (χ1v) is 8.43. The molecule has 2 heterocycles. The largest absolute Gasteiger partial charge is 0.345 e. The van der Waals surface area contributed by atoms with Gasteiger partial charge in [0.1, 0.15) is 5.82 Å². The zero-order valence-corrected chi connectivity index (χ0v) is 15.0. The van der Waals surface area contributed by atoms with Crippen LogP contribution in [-0.4, -0.2) is 44.7 Å². The van der Waals surface area contributed by atoms with Gasteiger partial charge in [0.2, 0.25) is 5.65 Å². The molecule has 6 heteroatoms. The van der Waals surface area contributed by atoms with Crippen LogP contribution < -0.4 is 0 Å². The highest BCUT2D eigenvalue weighted by Crippen LogP contribution is 2.25. The second kappa shape index (κ2) is 6.22. The van der Waals surface area contributed by atoms with Crippen molar-refractivity contribution in [1.29, 1.82) is 0 Å². The Balaban J connectivity index is 1.95. The van der Waals surface area contributed by atoms with Crippen molar-refractivity contribution in [2.45, 2.75) is 13.5 Å². The maximum Gasteiger partial charge on any atom is 0.253 e. The van der Waals surface area contributed by atoms with E-state index in [2.05, 4.69) is 31.9 Å². The van der Waals surface area contributed by atoms with E-state index in [0.29, 0.717) is 17.8 Å². The van der Waals surface area contributed by atoms with Crippen LogP contribution in [0, 0.1) is 6.92 Å². The second-order valence-corrected chi connectivity index (χ2v) is 6.53. The average Bonchev–Trinajstić information content (AvgIpc) is 2.97. The summed E-state index contributed by atoms with van der Waals surface area (Å²) in [6.07, 6.45) is 0. The number of fused-ring (bicyclic) bond motifs is 3. The number of hydrogen-bond acceptors (Lipinski definition) is 4. The molecule has 0 atom stereocenters. The van der Waals surface area contributed by atoms with Gasteiger partial charge in [0.15, 0.2) is 0 Å². The lowest BCUT2D eigenvalue weighted by Crippen LogP contribution is -2.21. The van der Waals surface area contributed by atoms with E-state index in [1.807, 2.05) is 37.3 Å². The lowest BCUT2D eigenvalue weighted by molar-refractivity contribution is 0.0828. The van der Waals surface area contributed by atoms with Crippen molar-refractivity contribution in [1.82, 2.24) is 24.6 Å². The fraction of sp³-hybridized carbons (Fsp3) is 0.200. The third kappa shape index (κ3) is 2.69. The van der Waals surface area contributed by atoms with Crippen molar-refractivity contribution < 1.29 is 4.79 Å². The Bertz CT molecular complexity index is 1120. The predicted octanol–water partition coefficient (Wildman–Crippen LogP) is 3.04. The number of aryl methyl sites for hydroxylation is 1. The molecule has 0 spiro atoms. The molecule has 2 aromatic heterocycles. The Morgan fingerprint density at radius 1 is 1.08 bits per heavy atom. The van der Waals surface area contributed by atoms with Crippen LogP contribution in [0.1, 0.15) is 21.7 Å². The zero-order valence-electron chi connectivity index (χ0n) is 15.0. The Morgan fingerprint density at radius 2 is 1.85 bits per heavy atom. The first kappa shape index (κ1) is 16.2. The molecule has 26 heavy (non-hydrogen) atoms. The normalized spacial score (nSPS) is 11.2. The maximum absolute atomic E-state index is 12.4. The standard InChI is InChI=1S/C20H19N5O/c1-13-21-19-18(25(13)12-14-7-5-4-6-8-14)16-11-15(20(26)24(2)3)9-10-17(16)22-23-19/h4-11H,12H2,1-3H3. The molecule has 4 aromatic rings. The number of amides is 1. The number of aromatic nitrogens is 4. The monoisotopic (exact) mass is 345 g/mol. The SMILES string of the molecule is Cc1nc2nnc3ccc(C(=O)N(C)C)cc3c2n1Cc1ccccc1. The summed E-state index contributed by atoms with van der Waals surface area (Å²) in [5, 5.41) is 9.42. The average molecular weight is 345 g/mol. The van der Waals surface area contributed by atoms with Gasteiger partial charge in [-0.2, -0.15) is 0 Å². The van der Waals surface area contributed by atoms with Crippen LogP contribution >= 0.6 is 0 Å². The summed E-state index contributed by atoms with van der Waals surface area (Å²) in [4.78, 5) is 18.5. The van der Waals surface area contributed by atoms with Crippen LogP contribution in [0.15, 0.2) is 48.5 Å². The zero-order chi connectivity index (χ0) is 18.3. The van der Waals surface area contributed by atoms with E-state index in [0.717, 1.165) is 22.2 Å². The van der Waals surface area contributed by atoms with Gasteiger partial charge in [-0.1, -0.05) is 30.3 Å². The number of imidazole rings is 1. The number of hydrogen-bond donors (Lipinski definition) is 0. The molecule has 4 rings (SSSR count). The summed E-state index contributed by atoms with van der Waals surface area (Å²) in [6.45, 7) is 2.65. The minimum atomic E-state index is -0.0392. The van der Waals surface area contributed by atoms with Gasteiger partial charge in [-0.05, 0) is 30.7 Å². The van der Waals surface area contributed by atoms with Crippen LogP contribution in [0.3, 0.4) is 0 Å². The van der Waals surface area contributed by atoms with E-state index in [1.54, 1.807) is 25.1 Å². The second-order valence-electron chi connectivity index (χ2n) is 6.53.